The van der Waals surface area contributed by atoms with Gasteiger partial charge in [-0.3, -0.25) is 0 Å². The highest BCUT2D eigenvalue weighted by Gasteiger charge is 2.32. The molecule has 2 heterocycles. The molecular weight excluding hydrogens is 286 g/mol. The van der Waals surface area contributed by atoms with Gasteiger partial charge in [0.15, 0.2) is 0 Å². The van der Waals surface area contributed by atoms with Gasteiger partial charge in [0.25, 0.3) is 0 Å². The minimum absolute atomic E-state index is 0.228. The van der Waals surface area contributed by atoms with E-state index in [1.807, 2.05) is 0 Å². The van der Waals surface area contributed by atoms with Crippen LogP contribution in [0.5, 0.6) is 0 Å². The lowest BCUT2D eigenvalue weighted by molar-refractivity contribution is -0.0407. The first kappa shape index (κ1) is 17.7. The van der Waals surface area contributed by atoms with E-state index in [1.54, 1.807) is 0 Å². The van der Waals surface area contributed by atoms with Crippen LogP contribution < -0.4 is 5.32 Å². The number of anilines is 1. The van der Waals surface area contributed by atoms with E-state index in [9.17, 15) is 5.26 Å². The molecule has 4 nitrogen and oxygen atoms in total. The van der Waals surface area contributed by atoms with E-state index in [1.165, 1.54) is 12.8 Å². The van der Waals surface area contributed by atoms with Gasteiger partial charge in [0, 0.05) is 18.5 Å². The van der Waals surface area contributed by atoms with Crippen LogP contribution in [0.2, 0.25) is 0 Å². The van der Waals surface area contributed by atoms with Gasteiger partial charge in [0.05, 0.1) is 23.5 Å². The minimum atomic E-state index is -0.228. The highest BCUT2D eigenvalue weighted by atomic mass is 16.5. The Kier molecular flexibility index (Phi) is 5.64. The monoisotopic (exact) mass is 315 g/mol. The summed E-state index contributed by atoms with van der Waals surface area (Å²) < 4.78 is 5.97. The van der Waals surface area contributed by atoms with E-state index >= 15 is 0 Å². The summed E-state index contributed by atoms with van der Waals surface area (Å²) in [6.45, 7) is 12.1. The van der Waals surface area contributed by atoms with Crippen molar-refractivity contribution in [1.82, 2.24) is 4.98 Å². The van der Waals surface area contributed by atoms with Gasteiger partial charge in [-0.15, -0.1) is 0 Å². The first-order valence-corrected chi connectivity index (χ1v) is 8.73. The zero-order valence-electron chi connectivity index (χ0n) is 15.1. The third-order valence-electron chi connectivity index (χ3n) is 4.39. The molecule has 0 amide bonds. The standard InChI is InChI=1S/C19H29N3O/c1-6-7-8-9-21-18-15(11-20)14-10-19(4,5)23-12-16(14)17(22-18)13(2)3/h13H,6-10,12H2,1-5H3,(H,21,22). The van der Waals surface area contributed by atoms with Gasteiger partial charge in [0.1, 0.15) is 11.9 Å². The molecule has 0 unspecified atom stereocenters. The smallest absolute Gasteiger partial charge is 0.144 e. The Morgan fingerprint density at radius 3 is 2.65 bits per heavy atom. The number of pyridine rings is 1. The number of hydrogen-bond donors (Lipinski definition) is 1. The predicted molar refractivity (Wildman–Crippen MR) is 93.6 cm³/mol. The van der Waals surface area contributed by atoms with Crippen LogP contribution in [-0.2, 0) is 17.8 Å². The third kappa shape index (κ3) is 4.03. The van der Waals surface area contributed by atoms with E-state index in [-0.39, 0.29) is 5.60 Å². The van der Waals surface area contributed by atoms with Crippen molar-refractivity contribution in [3.05, 3.63) is 22.4 Å². The maximum atomic E-state index is 9.71. The Morgan fingerprint density at radius 1 is 1.30 bits per heavy atom. The number of nitriles is 1. The fourth-order valence-corrected chi connectivity index (χ4v) is 3.10. The summed E-state index contributed by atoms with van der Waals surface area (Å²) in [7, 11) is 0. The number of unbranched alkanes of at least 4 members (excludes halogenated alkanes) is 2. The molecule has 1 aliphatic rings. The summed E-state index contributed by atoms with van der Waals surface area (Å²) in [4.78, 5) is 4.79. The number of nitrogens with one attached hydrogen (secondary N) is 1. The first-order chi connectivity index (χ1) is 10.9. The van der Waals surface area contributed by atoms with Crippen LogP contribution in [0.3, 0.4) is 0 Å². The van der Waals surface area contributed by atoms with Crippen molar-refractivity contribution in [3.8, 4) is 6.07 Å². The van der Waals surface area contributed by atoms with Crippen molar-refractivity contribution in [2.24, 2.45) is 0 Å². The molecule has 1 aromatic heterocycles. The van der Waals surface area contributed by atoms with Crippen molar-refractivity contribution in [2.45, 2.75) is 78.4 Å². The Labute approximate surface area is 140 Å². The van der Waals surface area contributed by atoms with E-state index in [4.69, 9.17) is 9.72 Å². The summed E-state index contributed by atoms with van der Waals surface area (Å²) in [5, 5.41) is 13.1. The van der Waals surface area contributed by atoms with Crippen LogP contribution >= 0.6 is 0 Å². The lowest BCUT2D eigenvalue weighted by Gasteiger charge is -2.34. The van der Waals surface area contributed by atoms with Gasteiger partial charge >= 0.3 is 0 Å². The van der Waals surface area contributed by atoms with Crippen molar-refractivity contribution >= 4 is 5.82 Å². The Bertz CT molecular complexity index is 600. The number of ether oxygens (including phenoxy) is 1. The number of hydrogen-bond acceptors (Lipinski definition) is 4. The van der Waals surface area contributed by atoms with Crippen molar-refractivity contribution in [1.29, 1.82) is 5.26 Å². The van der Waals surface area contributed by atoms with E-state index in [2.05, 4.69) is 46.0 Å². The molecule has 0 radical (unpaired) electrons. The van der Waals surface area contributed by atoms with Crippen LogP contribution in [0.15, 0.2) is 0 Å². The number of fused-ring (bicyclic) bond motifs is 1. The lowest BCUT2D eigenvalue weighted by Crippen LogP contribution is -2.33. The Hall–Kier alpha value is -1.60. The summed E-state index contributed by atoms with van der Waals surface area (Å²) in [5.41, 5.74) is 3.79. The molecule has 23 heavy (non-hydrogen) atoms. The van der Waals surface area contributed by atoms with Gasteiger partial charge in [-0.2, -0.15) is 5.26 Å². The van der Waals surface area contributed by atoms with Gasteiger partial charge in [0.2, 0.25) is 0 Å². The van der Waals surface area contributed by atoms with Crippen LogP contribution in [0.4, 0.5) is 5.82 Å². The number of rotatable bonds is 6. The van der Waals surface area contributed by atoms with Gasteiger partial charge in [-0.25, -0.2) is 4.98 Å². The molecule has 0 atom stereocenters. The molecule has 2 rings (SSSR count). The molecule has 4 heteroatoms. The zero-order chi connectivity index (χ0) is 17.0. The summed E-state index contributed by atoms with van der Waals surface area (Å²) >= 11 is 0. The molecule has 1 N–H and O–H groups in total. The van der Waals surface area contributed by atoms with E-state index in [0.717, 1.165) is 42.0 Å². The third-order valence-corrected chi connectivity index (χ3v) is 4.39. The quantitative estimate of drug-likeness (QED) is 0.784. The van der Waals surface area contributed by atoms with E-state index in [0.29, 0.717) is 18.1 Å². The molecule has 0 bridgehead atoms. The Morgan fingerprint density at radius 2 is 2.04 bits per heavy atom. The second-order valence-electron chi connectivity index (χ2n) is 7.30. The van der Waals surface area contributed by atoms with E-state index < -0.39 is 0 Å². The summed E-state index contributed by atoms with van der Waals surface area (Å²) in [6.07, 6.45) is 4.24. The van der Waals surface area contributed by atoms with Crippen LogP contribution in [-0.4, -0.2) is 17.1 Å². The molecule has 0 aliphatic carbocycles. The fourth-order valence-electron chi connectivity index (χ4n) is 3.10. The maximum Gasteiger partial charge on any atom is 0.144 e. The van der Waals surface area contributed by atoms with Gasteiger partial charge in [-0.1, -0.05) is 33.6 Å². The predicted octanol–water partition coefficient (Wildman–Crippen LogP) is 4.53. The lowest BCUT2D eigenvalue weighted by atomic mass is 9.86. The molecular formula is C19H29N3O. The average molecular weight is 315 g/mol. The summed E-state index contributed by atoms with van der Waals surface area (Å²) in [6, 6.07) is 2.39. The molecule has 0 spiro atoms. The molecule has 0 saturated carbocycles. The van der Waals surface area contributed by atoms with Crippen LogP contribution in [0.25, 0.3) is 0 Å². The molecule has 0 aromatic carbocycles. The second-order valence-corrected chi connectivity index (χ2v) is 7.30. The molecule has 0 fully saturated rings. The maximum absolute atomic E-state index is 9.71. The number of nitrogens with zero attached hydrogens (tertiary/aromatic N) is 2. The number of aromatic nitrogens is 1. The topological polar surface area (TPSA) is 57.9 Å². The average Bonchev–Trinajstić information content (AvgIpc) is 2.49. The zero-order valence-corrected chi connectivity index (χ0v) is 15.1. The first-order valence-electron chi connectivity index (χ1n) is 8.73. The second kappa shape index (κ2) is 7.31. The Balaban J connectivity index is 2.43. The molecule has 1 aromatic rings. The highest BCUT2D eigenvalue weighted by molar-refractivity contribution is 5.60. The van der Waals surface area contributed by atoms with Crippen LogP contribution in [0.1, 0.15) is 82.2 Å². The SMILES string of the molecule is CCCCCNc1nc(C(C)C)c2c(c1C#N)CC(C)(C)OC2. The summed E-state index contributed by atoms with van der Waals surface area (Å²) in [5.74, 6) is 1.07. The molecule has 126 valence electrons. The largest absolute Gasteiger partial charge is 0.370 e. The van der Waals surface area contributed by atoms with Gasteiger partial charge in [-0.05, 0) is 31.7 Å². The van der Waals surface area contributed by atoms with Crippen LogP contribution in [0, 0.1) is 11.3 Å². The highest BCUT2D eigenvalue weighted by Crippen LogP contribution is 2.36. The molecule has 1 aliphatic heterocycles. The fraction of sp³-hybridized carbons (Fsp3) is 0.684. The van der Waals surface area contributed by atoms with Crippen molar-refractivity contribution < 1.29 is 4.74 Å². The van der Waals surface area contributed by atoms with Crippen molar-refractivity contribution in [3.63, 3.8) is 0 Å². The van der Waals surface area contributed by atoms with Gasteiger partial charge < -0.3 is 10.1 Å². The molecule has 0 saturated heterocycles. The minimum Gasteiger partial charge on any atom is -0.370 e. The normalized spacial score (nSPS) is 16.0. The van der Waals surface area contributed by atoms with Crippen molar-refractivity contribution in [2.75, 3.05) is 11.9 Å².